The van der Waals surface area contributed by atoms with Crippen LogP contribution in [0.2, 0.25) is 0 Å². The molecule has 0 aliphatic heterocycles. The topological polar surface area (TPSA) is 72.2 Å². The molecular weight excluding hydrogens is 340 g/mol. The number of halogens is 1. The average molecular weight is 355 g/mol. The number of nitrogens with one attached hydrogen (secondary N) is 1. The molecule has 0 aromatic heterocycles. The molecule has 3 N–H and O–H groups in total. The Hall–Kier alpha value is -1.37. The molecule has 0 bridgehead atoms. The fraction of sp³-hybridized carbons (Fsp3) is 0.143. The van der Waals surface area contributed by atoms with Gasteiger partial charge in [-0.1, -0.05) is 24.3 Å². The van der Waals surface area contributed by atoms with E-state index in [0.29, 0.717) is 0 Å². The zero-order valence-corrected chi connectivity index (χ0v) is 13.3. The lowest BCUT2D eigenvalue weighted by Gasteiger charge is -2.17. The number of benzene rings is 2. The second-order valence-corrected chi connectivity index (χ2v) is 6.88. The number of hydrogen-bond acceptors (Lipinski definition) is 3. The highest BCUT2D eigenvalue weighted by Crippen LogP contribution is 2.26. The van der Waals surface area contributed by atoms with E-state index in [1.54, 1.807) is 12.1 Å². The Morgan fingerprint density at radius 3 is 2.50 bits per heavy atom. The van der Waals surface area contributed by atoms with Gasteiger partial charge in [-0.2, -0.15) is 0 Å². The van der Waals surface area contributed by atoms with Crippen molar-refractivity contribution in [2.45, 2.75) is 17.9 Å². The summed E-state index contributed by atoms with van der Waals surface area (Å²) in [6.07, 6.45) is 0. The Balaban J connectivity index is 2.26. The molecule has 0 radical (unpaired) electrons. The third kappa shape index (κ3) is 3.59. The van der Waals surface area contributed by atoms with Crippen LogP contribution in [0.5, 0.6) is 0 Å². The van der Waals surface area contributed by atoms with Gasteiger partial charge in [0.2, 0.25) is 10.0 Å². The highest BCUT2D eigenvalue weighted by Gasteiger charge is 2.12. The zero-order chi connectivity index (χ0) is 14.8. The van der Waals surface area contributed by atoms with Crippen molar-refractivity contribution < 1.29 is 8.42 Å². The molecule has 106 valence electrons. The number of nitrogens with two attached hydrogens (primary N) is 1. The van der Waals surface area contributed by atoms with Crippen LogP contribution in [0.25, 0.3) is 0 Å². The van der Waals surface area contributed by atoms with Crippen LogP contribution in [0.4, 0.5) is 5.69 Å². The maximum Gasteiger partial charge on any atom is 0.238 e. The molecule has 0 aliphatic carbocycles. The minimum Gasteiger partial charge on any atom is -0.378 e. The Morgan fingerprint density at radius 1 is 1.15 bits per heavy atom. The lowest BCUT2D eigenvalue weighted by Crippen LogP contribution is -2.13. The molecule has 6 heteroatoms. The van der Waals surface area contributed by atoms with Gasteiger partial charge >= 0.3 is 0 Å². The molecule has 0 aliphatic rings. The largest absolute Gasteiger partial charge is 0.378 e. The number of para-hydroxylation sites is 1. The van der Waals surface area contributed by atoms with Crippen molar-refractivity contribution in [3.63, 3.8) is 0 Å². The molecule has 2 aromatic carbocycles. The minimum absolute atomic E-state index is 0.0459. The standard InChI is InChI=1S/C14H15BrN2O2S/c1-10(17-14-8-3-2-7-13(14)15)11-5-4-6-12(9-11)20(16,18)19/h2-10,17H,1H3,(H2,16,18,19). The molecule has 0 saturated carbocycles. The smallest absolute Gasteiger partial charge is 0.238 e. The number of sulfonamides is 1. The summed E-state index contributed by atoms with van der Waals surface area (Å²) in [5.74, 6) is 0. The van der Waals surface area contributed by atoms with Crippen LogP contribution >= 0.6 is 15.9 Å². The molecular formula is C14H15BrN2O2S. The first-order chi connectivity index (χ1) is 9.38. The molecule has 4 nitrogen and oxygen atoms in total. The Bertz CT molecular complexity index is 717. The van der Waals surface area contributed by atoms with Gasteiger partial charge in [-0.3, -0.25) is 0 Å². The predicted octanol–water partition coefficient (Wildman–Crippen LogP) is 3.27. The Morgan fingerprint density at radius 2 is 1.85 bits per heavy atom. The van der Waals surface area contributed by atoms with Crippen molar-refractivity contribution in [2.75, 3.05) is 5.32 Å². The van der Waals surface area contributed by atoms with Gasteiger partial charge in [-0.15, -0.1) is 0 Å². The van der Waals surface area contributed by atoms with E-state index in [2.05, 4.69) is 21.2 Å². The van der Waals surface area contributed by atoms with Gasteiger partial charge in [0.15, 0.2) is 0 Å². The van der Waals surface area contributed by atoms with Crippen molar-refractivity contribution in [1.82, 2.24) is 0 Å². The van der Waals surface area contributed by atoms with Crippen LogP contribution in [-0.4, -0.2) is 8.42 Å². The van der Waals surface area contributed by atoms with Crippen molar-refractivity contribution in [3.8, 4) is 0 Å². The van der Waals surface area contributed by atoms with Gasteiger partial charge in [-0.05, 0) is 52.7 Å². The third-order valence-electron chi connectivity index (χ3n) is 2.93. The molecule has 0 spiro atoms. The molecule has 0 amide bonds. The van der Waals surface area contributed by atoms with E-state index < -0.39 is 10.0 Å². The first-order valence-corrected chi connectivity index (χ1v) is 8.35. The van der Waals surface area contributed by atoms with E-state index >= 15 is 0 Å². The normalized spacial score (nSPS) is 12.9. The van der Waals surface area contributed by atoms with Crippen LogP contribution in [0.1, 0.15) is 18.5 Å². The summed E-state index contributed by atoms with van der Waals surface area (Å²) >= 11 is 3.47. The highest BCUT2D eigenvalue weighted by atomic mass is 79.9. The third-order valence-corrected chi connectivity index (χ3v) is 4.53. The summed E-state index contributed by atoms with van der Waals surface area (Å²) in [6, 6.07) is 14.3. The Kier molecular flexibility index (Phi) is 4.47. The molecule has 1 unspecified atom stereocenters. The Labute approximate surface area is 127 Å². The first-order valence-electron chi connectivity index (χ1n) is 6.02. The van der Waals surface area contributed by atoms with Crippen molar-refractivity contribution in [2.24, 2.45) is 5.14 Å². The maximum absolute atomic E-state index is 11.4. The zero-order valence-electron chi connectivity index (χ0n) is 10.9. The number of anilines is 1. The van der Waals surface area contributed by atoms with Gasteiger partial charge in [0.05, 0.1) is 4.90 Å². The minimum atomic E-state index is -3.68. The summed E-state index contributed by atoms with van der Waals surface area (Å²) in [4.78, 5) is 0.121. The van der Waals surface area contributed by atoms with Gasteiger partial charge in [-0.25, -0.2) is 13.6 Å². The van der Waals surface area contributed by atoms with Crippen LogP contribution in [0, 0.1) is 0 Å². The first kappa shape index (κ1) is 15.0. The van der Waals surface area contributed by atoms with Crippen LogP contribution in [0.3, 0.4) is 0 Å². The molecule has 2 rings (SSSR count). The fourth-order valence-electron chi connectivity index (χ4n) is 1.86. The average Bonchev–Trinajstić information content (AvgIpc) is 2.40. The molecule has 0 saturated heterocycles. The summed E-state index contributed by atoms with van der Waals surface area (Å²) in [5, 5.41) is 8.47. The second-order valence-electron chi connectivity index (χ2n) is 4.46. The maximum atomic E-state index is 11.4. The van der Waals surface area contributed by atoms with E-state index in [-0.39, 0.29) is 10.9 Å². The van der Waals surface area contributed by atoms with Crippen LogP contribution in [-0.2, 0) is 10.0 Å². The number of hydrogen-bond donors (Lipinski definition) is 2. The van der Waals surface area contributed by atoms with E-state index in [9.17, 15) is 8.42 Å². The summed E-state index contributed by atoms with van der Waals surface area (Å²) in [5.41, 5.74) is 1.80. The summed E-state index contributed by atoms with van der Waals surface area (Å²) in [6.45, 7) is 1.96. The van der Waals surface area contributed by atoms with Crippen LogP contribution < -0.4 is 10.5 Å². The lowest BCUT2D eigenvalue weighted by molar-refractivity contribution is 0.597. The molecule has 0 fully saturated rings. The molecule has 2 aromatic rings. The van der Waals surface area contributed by atoms with Crippen molar-refractivity contribution in [1.29, 1.82) is 0 Å². The van der Waals surface area contributed by atoms with Gasteiger partial charge < -0.3 is 5.32 Å². The monoisotopic (exact) mass is 354 g/mol. The molecule has 1 atom stereocenters. The second kappa shape index (κ2) is 5.95. The van der Waals surface area contributed by atoms with Crippen molar-refractivity contribution >= 4 is 31.6 Å². The molecule has 0 heterocycles. The van der Waals surface area contributed by atoms with Gasteiger partial charge in [0.25, 0.3) is 0 Å². The SMILES string of the molecule is CC(Nc1ccccc1Br)c1cccc(S(N)(=O)=O)c1. The highest BCUT2D eigenvalue weighted by molar-refractivity contribution is 9.10. The van der Waals surface area contributed by atoms with Crippen molar-refractivity contribution in [3.05, 3.63) is 58.6 Å². The van der Waals surface area contributed by atoms with E-state index in [1.165, 1.54) is 6.07 Å². The molecule has 20 heavy (non-hydrogen) atoms. The summed E-state index contributed by atoms with van der Waals surface area (Å²) < 4.78 is 23.7. The van der Waals surface area contributed by atoms with Gasteiger partial charge in [0.1, 0.15) is 0 Å². The number of rotatable bonds is 4. The fourth-order valence-corrected chi connectivity index (χ4v) is 2.82. The van der Waals surface area contributed by atoms with Gasteiger partial charge in [0, 0.05) is 16.2 Å². The van der Waals surface area contributed by atoms with E-state index in [4.69, 9.17) is 5.14 Å². The van der Waals surface area contributed by atoms with Crippen LogP contribution in [0.15, 0.2) is 57.9 Å². The quantitative estimate of drug-likeness (QED) is 0.884. The predicted molar refractivity (Wildman–Crippen MR) is 84.0 cm³/mol. The van der Waals surface area contributed by atoms with E-state index in [0.717, 1.165) is 15.7 Å². The number of primary sulfonamides is 1. The summed E-state index contributed by atoms with van der Waals surface area (Å²) in [7, 11) is -3.68. The lowest BCUT2D eigenvalue weighted by atomic mass is 10.1. The van der Waals surface area contributed by atoms with E-state index in [1.807, 2.05) is 37.3 Å².